The molecule has 1 aromatic rings. The number of nitrogens with zero attached hydrogens (tertiary/aromatic N) is 2. The summed E-state index contributed by atoms with van der Waals surface area (Å²) in [5, 5.41) is 10.3. The Hall–Kier alpha value is -1.98. The number of ether oxygens (including phenoxy) is 1. The van der Waals surface area contributed by atoms with Crippen molar-refractivity contribution in [2.24, 2.45) is 0 Å². The molecule has 0 radical (unpaired) electrons. The molecule has 1 atom stereocenters. The monoisotopic (exact) mass is 210 g/mol. The van der Waals surface area contributed by atoms with Gasteiger partial charge in [-0.25, -0.2) is 0 Å². The number of rotatable bonds is 3. The largest absolute Gasteiger partial charge is 0.469 e. The van der Waals surface area contributed by atoms with E-state index in [4.69, 9.17) is 0 Å². The highest BCUT2D eigenvalue weighted by atomic mass is 16.6. The van der Waals surface area contributed by atoms with Crippen molar-refractivity contribution in [3.05, 3.63) is 34.1 Å². The van der Waals surface area contributed by atoms with Crippen molar-refractivity contribution in [1.29, 1.82) is 0 Å². The first kappa shape index (κ1) is 11.1. The lowest BCUT2D eigenvalue weighted by molar-refractivity contribution is -0.385. The van der Waals surface area contributed by atoms with Crippen molar-refractivity contribution in [3.8, 4) is 0 Å². The summed E-state index contributed by atoms with van der Waals surface area (Å²) < 4.78 is 4.53. The highest BCUT2D eigenvalue weighted by Gasteiger charge is 2.17. The first-order valence-electron chi connectivity index (χ1n) is 4.24. The predicted molar refractivity (Wildman–Crippen MR) is 51.3 cm³/mol. The molecule has 80 valence electrons. The molecule has 1 aromatic heterocycles. The Balaban J connectivity index is 2.89. The number of nitro groups is 1. The Morgan fingerprint density at radius 3 is 2.67 bits per heavy atom. The Morgan fingerprint density at radius 2 is 2.27 bits per heavy atom. The molecular formula is C9H10N2O4. The van der Waals surface area contributed by atoms with Gasteiger partial charge in [0.05, 0.1) is 23.6 Å². The normalized spacial score (nSPS) is 11.9. The van der Waals surface area contributed by atoms with Gasteiger partial charge in [0.1, 0.15) is 6.20 Å². The zero-order chi connectivity index (χ0) is 11.4. The maximum atomic E-state index is 11.1. The Bertz CT molecular complexity index is 374. The maximum Gasteiger partial charge on any atom is 0.314 e. The van der Waals surface area contributed by atoms with Crippen LogP contribution in [0.1, 0.15) is 18.5 Å². The summed E-state index contributed by atoms with van der Waals surface area (Å²) in [6.45, 7) is 1.62. The molecule has 1 heterocycles. The van der Waals surface area contributed by atoms with Crippen molar-refractivity contribution in [2.45, 2.75) is 12.8 Å². The Kier molecular flexibility index (Phi) is 3.33. The van der Waals surface area contributed by atoms with Crippen LogP contribution in [0.2, 0.25) is 0 Å². The van der Waals surface area contributed by atoms with Crippen LogP contribution in [0.15, 0.2) is 18.3 Å². The summed E-state index contributed by atoms with van der Waals surface area (Å²) in [6, 6.07) is 2.75. The highest BCUT2D eigenvalue weighted by Crippen LogP contribution is 2.16. The third-order valence-electron chi connectivity index (χ3n) is 1.98. The number of carbonyl (C=O) groups excluding carboxylic acids is 1. The topological polar surface area (TPSA) is 82.3 Å². The fourth-order valence-electron chi connectivity index (χ4n) is 1.06. The van der Waals surface area contributed by atoms with Crippen LogP contribution in [-0.2, 0) is 9.53 Å². The van der Waals surface area contributed by atoms with Crippen molar-refractivity contribution in [1.82, 2.24) is 4.98 Å². The van der Waals surface area contributed by atoms with Gasteiger partial charge in [-0.2, -0.15) is 0 Å². The number of hydrogen-bond donors (Lipinski definition) is 0. The van der Waals surface area contributed by atoms with E-state index in [2.05, 4.69) is 9.72 Å². The Morgan fingerprint density at radius 1 is 1.60 bits per heavy atom. The van der Waals surface area contributed by atoms with Crippen LogP contribution in [-0.4, -0.2) is 23.0 Å². The van der Waals surface area contributed by atoms with Gasteiger partial charge < -0.3 is 4.74 Å². The third kappa shape index (κ3) is 2.49. The lowest BCUT2D eigenvalue weighted by Crippen LogP contribution is -2.12. The maximum absolute atomic E-state index is 11.1. The molecule has 0 fully saturated rings. The standard InChI is InChI=1S/C9H10N2O4/c1-6(9(12)15-2)8-4-3-7(5-10-8)11(13)14/h3-6H,1-2H3/t6-/m1/s1. The summed E-state index contributed by atoms with van der Waals surface area (Å²) >= 11 is 0. The van der Waals surface area contributed by atoms with Gasteiger partial charge in [-0.05, 0) is 13.0 Å². The molecule has 0 N–H and O–H groups in total. The second-order valence-corrected chi connectivity index (χ2v) is 2.94. The minimum atomic E-state index is -0.542. The van der Waals surface area contributed by atoms with Gasteiger partial charge in [0.15, 0.2) is 0 Å². The number of methoxy groups -OCH3 is 1. The van der Waals surface area contributed by atoms with Gasteiger partial charge in [0.25, 0.3) is 5.69 Å². The fourth-order valence-corrected chi connectivity index (χ4v) is 1.06. The second kappa shape index (κ2) is 4.50. The second-order valence-electron chi connectivity index (χ2n) is 2.94. The summed E-state index contributed by atoms with van der Waals surface area (Å²) in [7, 11) is 1.28. The molecule has 0 aliphatic carbocycles. The van der Waals surface area contributed by atoms with Crippen molar-refractivity contribution < 1.29 is 14.5 Å². The van der Waals surface area contributed by atoms with Gasteiger partial charge in [-0.3, -0.25) is 19.9 Å². The van der Waals surface area contributed by atoms with Crippen LogP contribution in [0.25, 0.3) is 0 Å². The van der Waals surface area contributed by atoms with Gasteiger partial charge in [0.2, 0.25) is 0 Å². The van der Waals surface area contributed by atoms with Crippen LogP contribution < -0.4 is 0 Å². The highest BCUT2D eigenvalue weighted by molar-refractivity contribution is 5.76. The third-order valence-corrected chi connectivity index (χ3v) is 1.98. The number of esters is 1. The number of aromatic nitrogens is 1. The number of carbonyl (C=O) groups is 1. The smallest absolute Gasteiger partial charge is 0.314 e. The van der Waals surface area contributed by atoms with Crippen LogP contribution >= 0.6 is 0 Å². The Labute approximate surface area is 86.0 Å². The first-order chi connectivity index (χ1) is 7.06. The molecule has 0 unspecified atom stereocenters. The average Bonchev–Trinajstić information content (AvgIpc) is 2.27. The number of pyridine rings is 1. The number of hydrogen-bond acceptors (Lipinski definition) is 5. The fraction of sp³-hybridized carbons (Fsp3) is 0.333. The van der Waals surface area contributed by atoms with Gasteiger partial charge in [0, 0.05) is 6.07 Å². The molecular weight excluding hydrogens is 200 g/mol. The molecule has 0 amide bonds. The van der Waals surface area contributed by atoms with E-state index in [0.29, 0.717) is 5.69 Å². The molecule has 1 rings (SSSR count). The molecule has 0 aromatic carbocycles. The predicted octanol–water partition coefficient (Wildman–Crippen LogP) is 1.27. The minimum absolute atomic E-state index is 0.101. The summed E-state index contributed by atoms with van der Waals surface area (Å²) in [6.07, 6.45) is 1.12. The minimum Gasteiger partial charge on any atom is -0.469 e. The van der Waals surface area contributed by atoms with Gasteiger partial charge in [-0.15, -0.1) is 0 Å². The molecule has 0 aliphatic heterocycles. The lowest BCUT2D eigenvalue weighted by Gasteiger charge is -2.07. The molecule has 6 nitrogen and oxygen atoms in total. The van der Waals surface area contributed by atoms with E-state index >= 15 is 0 Å². The van der Waals surface area contributed by atoms with E-state index in [0.717, 1.165) is 6.20 Å². The van der Waals surface area contributed by atoms with E-state index in [-0.39, 0.29) is 5.69 Å². The molecule has 0 spiro atoms. The van der Waals surface area contributed by atoms with Gasteiger partial charge in [-0.1, -0.05) is 0 Å². The van der Waals surface area contributed by atoms with Crippen LogP contribution in [0.4, 0.5) is 5.69 Å². The molecule has 6 heteroatoms. The van der Waals surface area contributed by atoms with Crippen molar-refractivity contribution in [2.75, 3.05) is 7.11 Å². The molecule has 0 saturated carbocycles. The van der Waals surface area contributed by atoms with E-state index < -0.39 is 16.8 Å². The van der Waals surface area contributed by atoms with Crippen molar-refractivity contribution in [3.63, 3.8) is 0 Å². The average molecular weight is 210 g/mol. The van der Waals surface area contributed by atoms with Crippen molar-refractivity contribution >= 4 is 11.7 Å². The lowest BCUT2D eigenvalue weighted by atomic mass is 10.1. The van der Waals surface area contributed by atoms with Crippen LogP contribution in [0.5, 0.6) is 0 Å². The van der Waals surface area contributed by atoms with Gasteiger partial charge >= 0.3 is 5.97 Å². The quantitative estimate of drug-likeness (QED) is 0.426. The molecule has 15 heavy (non-hydrogen) atoms. The zero-order valence-electron chi connectivity index (χ0n) is 8.34. The first-order valence-corrected chi connectivity index (χ1v) is 4.24. The van der Waals surface area contributed by atoms with E-state index in [9.17, 15) is 14.9 Å². The van der Waals surface area contributed by atoms with E-state index in [1.165, 1.54) is 19.2 Å². The summed E-state index contributed by atoms with van der Waals surface area (Å²) in [5.74, 6) is -0.938. The van der Waals surface area contributed by atoms with Crippen LogP contribution in [0, 0.1) is 10.1 Å². The van der Waals surface area contributed by atoms with E-state index in [1.54, 1.807) is 6.92 Å². The molecule has 0 bridgehead atoms. The summed E-state index contributed by atoms with van der Waals surface area (Å²) in [5.41, 5.74) is 0.350. The summed E-state index contributed by atoms with van der Waals surface area (Å²) in [4.78, 5) is 24.8. The van der Waals surface area contributed by atoms with E-state index in [1.807, 2.05) is 0 Å². The molecule has 0 saturated heterocycles. The zero-order valence-corrected chi connectivity index (χ0v) is 8.34. The molecule has 0 aliphatic rings. The SMILES string of the molecule is COC(=O)[C@H](C)c1ccc([N+](=O)[O-])cn1. The van der Waals surface area contributed by atoms with Crippen LogP contribution in [0.3, 0.4) is 0 Å².